The molecule has 1 aliphatic heterocycles. The summed E-state index contributed by atoms with van der Waals surface area (Å²) in [5.41, 5.74) is 6.74. The highest BCUT2D eigenvalue weighted by Gasteiger charge is 2.19. The van der Waals surface area contributed by atoms with Gasteiger partial charge in [0.05, 0.1) is 5.69 Å². The lowest BCUT2D eigenvalue weighted by molar-refractivity contribution is 0.247. The number of anilines is 2. The Labute approximate surface area is 115 Å². The van der Waals surface area contributed by atoms with Gasteiger partial charge >= 0.3 is 0 Å². The van der Waals surface area contributed by atoms with Gasteiger partial charge in [0.25, 0.3) is 0 Å². The van der Waals surface area contributed by atoms with Gasteiger partial charge in [0, 0.05) is 38.9 Å². The van der Waals surface area contributed by atoms with Gasteiger partial charge in [0.2, 0.25) is 10.3 Å². The van der Waals surface area contributed by atoms with Crippen molar-refractivity contribution in [2.45, 2.75) is 6.54 Å². The van der Waals surface area contributed by atoms with Gasteiger partial charge in [0.1, 0.15) is 0 Å². The lowest BCUT2D eigenvalue weighted by Gasteiger charge is -2.33. The number of pyridine rings is 1. The van der Waals surface area contributed by atoms with E-state index in [-0.39, 0.29) is 0 Å². The van der Waals surface area contributed by atoms with Crippen LogP contribution in [0.15, 0.2) is 24.4 Å². The van der Waals surface area contributed by atoms with Gasteiger partial charge < -0.3 is 10.6 Å². The molecule has 3 rings (SSSR count). The first-order valence-electron chi connectivity index (χ1n) is 6.27. The van der Waals surface area contributed by atoms with E-state index in [2.05, 4.69) is 31.0 Å². The molecule has 100 valence electrons. The number of hydrogen-bond donors (Lipinski definition) is 1. The third kappa shape index (κ3) is 2.99. The van der Waals surface area contributed by atoms with E-state index >= 15 is 0 Å². The Bertz CT molecular complexity index is 520. The Morgan fingerprint density at radius 3 is 2.63 bits per heavy atom. The molecule has 0 atom stereocenters. The summed E-state index contributed by atoms with van der Waals surface area (Å²) in [5, 5.41) is 9.41. The van der Waals surface area contributed by atoms with Gasteiger partial charge in [-0.15, -0.1) is 10.2 Å². The highest BCUT2D eigenvalue weighted by Crippen LogP contribution is 2.22. The maximum Gasteiger partial charge on any atom is 0.210 e. The average Bonchev–Trinajstić information content (AvgIpc) is 2.87. The second-order valence-electron chi connectivity index (χ2n) is 4.51. The van der Waals surface area contributed by atoms with Crippen LogP contribution < -0.4 is 10.6 Å². The molecule has 0 aliphatic carbocycles. The van der Waals surface area contributed by atoms with Gasteiger partial charge in [-0.3, -0.25) is 9.88 Å². The molecule has 3 heterocycles. The summed E-state index contributed by atoms with van der Waals surface area (Å²) in [6, 6.07) is 6.04. The van der Waals surface area contributed by atoms with E-state index in [1.54, 1.807) is 0 Å². The number of piperazine rings is 1. The van der Waals surface area contributed by atoms with Crippen LogP contribution in [0, 0.1) is 0 Å². The van der Waals surface area contributed by atoms with Crippen molar-refractivity contribution in [1.82, 2.24) is 20.1 Å². The van der Waals surface area contributed by atoms with E-state index in [4.69, 9.17) is 5.73 Å². The zero-order chi connectivity index (χ0) is 13.1. The fourth-order valence-corrected chi connectivity index (χ4v) is 2.83. The highest BCUT2D eigenvalue weighted by molar-refractivity contribution is 7.18. The molecule has 2 aromatic rings. The van der Waals surface area contributed by atoms with Crippen LogP contribution in [0.3, 0.4) is 0 Å². The zero-order valence-corrected chi connectivity index (χ0v) is 11.4. The highest BCUT2D eigenvalue weighted by atomic mass is 32.1. The van der Waals surface area contributed by atoms with E-state index in [0.29, 0.717) is 5.13 Å². The molecule has 19 heavy (non-hydrogen) atoms. The largest absolute Gasteiger partial charge is 0.374 e. The molecule has 0 bridgehead atoms. The van der Waals surface area contributed by atoms with E-state index in [0.717, 1.165) is 43.5 Å². The third-order valence-corrected chi connectivity index (χ3v) is 4.00. The average molecular weight is 276 g/mol. The Morgan fingerprint density at radius 2 is 2.00 bits per heavy atom. The van der Waals surface area contributed by atoms with Crippen LogP contribution >= 0.6 is 11.3 Å². The molecule has 0 spiro atoms. The van der Waals surface area contributed by atoms with Gasteiger partial charge in [-0.25, -0.2) is 0 Å². The maximum atomic E-state index is 5.61. The van der Waals surface area contributed by atoms with Gasteiger partial charge in [-0.2, -0.15) is 0 Å². The maximum absolute atomic E-state index is 5.61. The SMILES string of the molecule is Nc1nnc(N2CCN(Cc3ccccn3)CC2)s1. The predicted octanol–water partition coefficient (Wildman–Crippen LogP) is 0.837. The van der Waals surface area contributed by atoms with Crippen molar-refractivity contribution >= 4 is 21.6 Å². The first-order chi connectivity index (χ1) is 9.31. The second kappa shape index (κ2) is 5.50. The van der Waals surface area contributed by atoms with Crippen LogP contribution in [0.4, 0.5) is 10.3 Å². The Balaban J connectivity index is 1.55. The summed E-state index contributed by atoms with van der Waals surface area (Å²) >= 11 is 1.45. The molecule has 6 nitrogen and oxygen atoms in total. The first kappa shape index (κ1) is 12.3. The van der Waals surface area contributed by atoms with Gasteiger partial charge in [-0.05, 0) is 12.1 Å². The summed E-state index contributed by atoms with van der Waals surface area (Å²) in [4.78, 5) is 9.01. The molecule has 1 aliphatic rings. The summed E-state index contributed by atoms with van der Waals surface area (Å²) in [5.74, 6) is 0. The smallest absolute Gasteiger partial charge is 0.210 e. The number of nitrogens with two attached hydrogens (primary N) is 1. The zero-order valence-electron chi connectivity index (χ0n) is 10.6. The Kier molecular flexibility index (Phi) is 3.56. The van der Waals surface area contributed by atoms with Crippen molar-refractivity contribution in [1.29, 1.82) is 0 Å². The van der Waals surface area contributed by atoms with Crippen molar-refractivity contribution in [3.05, 3.63) is 30.1 Å². The number of nitrogens with zero attached hydrogens (tertiary/aromatic N) is 5. The van der Waals surface area contributed by atoms with Crippen molar-refractivity contribution < 1.29 is 0 Å². The second-order valence-corrected chi connectivity index (χ2v) is 5.49. The molecular formula is C12H16N6S. The molecule has 0 amide bonds. The minimum Gasteiger partial charge on any atom is -0.374 e. The minimum absolute atomic E-state index is 0.533. The number of aromatic nitrogens is 3. The van der Waals surface area contributed by atoms with Crippen LogP contribution in [-0.2, 0) is 6.54 Å². The Hall–Kier alpha value is -1.73. The molecule has 7 heteroatoms. The quantitative estimate of drug-likeness (QED) is 0.895. The predicted molar refractivity (Wildman–Crippen MR) is 76.0 cm³/mol. The molecule has 2 aromatic heterocycles. The number of rotatable bonds is 3. The van der Waals surface area contributed by atoms with Gasteiger partial charge in [0.15, 0.2) is 0 Å². The molecular weight excluding hydrogens is 260 g/mol. The molecule has 0 aromatic carbocycles. The molecule has 0 unspecified atom stereocenters. The lowest BCUT2D eigenvalue weighted by atomic mass is 10.3. The standard InChI is InChI=1S/C12H16N6S/c13-11-15-16-12(19-11)18-7-5-17(6-8-18)9-10-3-1-2-4-14-10/h1-4H,5-9H2,(H2,13,15). The lowest BCUT2D eigenvalue weighted by Crippen LogP contribution is -2.46. The van der Waals surface area contributed by atoms with Crippen molar-refractivity contribution in [2.24, 2.45) is 0 Å². The molecule has 1 fully saturated rings. The fraction of sp³-hybridized carbons (Fsp3) is 0.417. The molecule has 0 radical (unpaired) electrons. The van der Waals surface area contributed by atoms with Crippen molar-refractivity contribution in [3.8, 4) is 0 Å². The van der Waals surface area contributed by atoms with Crippen LogP contribution in [0.2, 0.25) is 0 Å². The van der Waals surface area contributed by atoms with Crippen LogP contribution in [0.25, 0.3) is 0 Å². The molecule has 0 saturated carbocycles. The monoisotopic (exact) mass is 276 g/mol. The van der Waals surface area contributed by atoms with E-state index in [1.165, 1.54) is 11.3 Å². The van der Waals surface area contributed by atoms with Crippen molar-refractivity contribution in [2.75, 3.05) is 36.8 Å². The normalized spacial score (nSPS) is 16.7. The summed E-state index contributed by atoms with van der Waals surface area (Å²) < 4.78 is 0. The van der Waals surface area contributed by atoms with Crippen molar-refractivity contribution in [3.63, 3.8) is 0 Å². The molecule has 2 N–H and O–H groups in total. The first-order valence-corrected chi connectivity index (χ1v) is 7.09. The third-order valence-electron chi connectivity index (χ3n) is 3.18. The van der Waals surface area contributed by atoms with E-state index in [1.807, 2.05) is 18.3 Å². The van der Waals surface area contributed by atoms with E-state index < -0.39 is 0 Å². The minimum atomic E-state index is 0.533. The summed E-state index contributed by atoms with van der Waals surface area (Å²) in [6.45, 7) is 4.85. The van der Waals surface area contributed by atoms with Crippen LogP contribution in [0.1, 0.15) is 5.69 Å². The van der Waals surface area contributed by atoms with Crippen LogP contribution in [0.5, 0.6) is 0 Å². The number of hydrogen-bond acceptors (Lipinski definition) is 7. The summed E-state index contributed by atoms with van der Waals surface area (Å²) in [7, 11) is 0. The Morgan fingerprint density at radius 1 is 1.16 bits per heavy atom. The topological polar surface area (TPSA) is 71.2 Å². The summed E-state index contributed by atoms with van der Waals surface area (Å²) in [6.07, 6.45) is 1.84. The van der Waals surface area contributed by atoms with E-state index in [9.17, 15) is 0 Å². The van der Waals surface area contributed by atoms with Gasteiger partial charge in [-0.1, -0.05) is 17.4 Å². The molecule has 1 saturated heterocycles. The number of nitrogen functional groups attached to an aromatic ring is 1. The van der Waals surface area contributed by atoms with Crippen LogP contribution in [-0.4, -0.2) is 46.3 Å². The fourth-order valence-electron chi connectivity index (χ4n) is 2.17.